The van der Waals surface area contributed by atoms with Crippen molar-refractivity contribution in [2.45, 2.75) is 151 Å². The Balaban J connectivity index is 0.000000160. The number of benzene rings is 8. The number of carbonyl (C=O) groups is 4. The molecule has 15 nitrogen and oxygen atoms in total. The molecule has 1 fully saturated rings. The second kappa shape index (κ2) is 34.2. The van der Waals surface area contributed by atoms with Gasteiger partial charge in [0.1, 0.15) is 0 Å². The summed E-state index contributed by atoms with van der Waals surface area (Å²) in [4.78, 5) is 54.4. The van der Waals surface area contributed by atoms with Crippen LogP contribution < -0.4 is 42.1 Å². The number of hydrogen-bond acceptors (Lipinski definition) is 11. The van der Waals surface area contributed by atoms with E-state index >= 15 is 0 Å². The third-order valence-corrected chi connectivity index (χ3v) is 21.2. The number of aliphatic hydroxyl groups is 2. The van der Waals surface area contributed by atoms with E-state index in [0.29, 0.717) is 83.2 Å². The first-order chi connectivity index (χ1) is 53.0. The molecule has 604 valence electrons. The lowest BCUT2D eigenvalue weighted by Gasteiger charge is -2.33. The summed E-state index contributed by atoms with van der Waals surface area (Å²) in [6.45, 7) is 9.27. The number of carbonyl (C=O) groups excluding carboxylic acids is 4. The minimum atomic E-state index is -5.92. The maximum Gasteiger partial charge on any atom is 0.430 e. The molecule has 13 rings (SSSR count). The Morgan fingerprint density at radius 3 is 0.929 bits per heavy atom. The zero-order chi connectivity index (χ0) is 82.4. The predicted octanol–water partition coefficient (Wildman–Crippen LogP) is 16.2. The summed E-state index contributed by atoms with van der Waals surface area (Å²) >= 11 is 0. The molecule has 8 aromatic rings. The molecular weight excluding hydrogens is 1510 g/mol. The highest BCUT2D eigenvalue weighted by atomic mass is 19.4. The van der Waals surface area contributed by atoms with E-state index in [9.17, 15) is 95.2 Å². The number of aryl methyl sites for hydroxylation is 4. The van der Waals surface area contributed by atoms with Crippen molar-refractivity contribution >= 4 is 46.4 Å². The number of amides is 4. The van der Waals surface area contributed by atoms with Gasteiger partial charge in [-0.2, -0.15) is 65.9 Å². The Morgan fingerprint density at radius 2 is 0.673 bits per heavy atom. The number of alkyl halides is 15. The van der Waals surface area contributed by atoms with Crippen LogP contribution in [0.3, 0.4) is 0 Å². The first kappa shape index (κ1) is 85.1. The summed E-state index contributed by atoms with van der Waals surface area (Å²) in [5, 5.41) is 21.5. The molecule has 30 heteroatoms. The number of nitrogens with one attached hydrogen (secondary N) is 1. The van der Waals surface area contributed by atoms with Gasteiger partial charge in [0.25, 0.3) is 17.1 Å². The molecule has 5 aliphatic heterocycles. The van der Waals surface area contributed by atoms with Gasteiger partial charge in [0.2, 0.25) is 17.7 Å². The fourth-order valence-corrected chi connectivity index (χ4v) is 14.5. The van der Waals surface area contributed by atoms with E-state index in [1.54, 1.807) is 66.7 Å². The van der Waals surface area contributed by atoms with Crippen molar-refractivity contribution in [2.75, 3.05) is 66.0 Å². The zero-order valence-corrected chi connectivity index (χ0v) is 61.8. The van der Waals surface area contributed by atoms with Crippen LogP contribution in [0.1, 0.15) is 160 Å². The largest absolute Gasteiger partial charge is 0.430 e. The van der Waals surface area contributed by atoms with Gasteiger partial charge >= 0.3 is 30.9 Å². The number of nitrogens with two attached hydrogens (primary N) is 3. The molecule has 1 atom stereocenters. The Labute approximate surface area is 642 Å². The summed E-state index contributed by atoms with van der Waals surface area (Å²) in [5.41, 5.74) is 16.6. The van der Waals surface area contributed by atoms with Crippen LogP contribution in [-0.4, -0.2) is 111 Å². The highest BCUT2D eigenvalue weighted by Crippen LogP contribution is 2.52. The highest BCUT2D eigenvalue weighted by molar-refractivity contribution is 5.96. The van der Waals surface area contributed by atoms with Crippen molar-refractivity contribution in [3.8, 4) is 0 Å². The summed E-state index contributed by atoms with van der Waals surface area (Å²) in [5.74, 6) is -1.04. The van der Waals surface area contributed by atoms with E-state index < -0.39 is 70.4 Å². The molecule has 0 bridgehead atoms. The van der Waals surface area contributed by atoms with Crippen molar-refractivity contribution in [1.29, 1.82) is 0 Å². The summed E-state index contributed by atoms with van der Waals surface area (Å²) in [6, 6.07) is 44.2. The van der Waals surface area contributed by atoms with Crippen molar-refractivity contribution in [2.24, 2.45) is 17.2 Å². The van der Waals surface area contributed by atoms with Gasteiger partial charge < -0.3 is 57.1 Å². The second-order valence-corrected chi connectivity index (χ2v) is 29.1. The van der Waals surface area contributed by atoms with E-state index in [4.69, 9.17) is 21.9 Å². The van der Waals surface area contributed by atoms with Crippen molar-refractivity contribution < 1.29 is 100.0 Å². The molecule has 4 amide bonds. The maximum atomic E-state index is 13.2. The van der Waals surface area contributed by atoms with E-state index in [-0.39, 0.29) is 30.5 Å². The van der Waals surface area contributed by atoms with E-state index in [2.05, 4.69) is 39.4 Å². The first-order valence-electron chi connectivity index (χ1n) is 36.4. The van der Waals surface area contributed by atoms with Crippen LogP contribution in [0.15, 0.2) is 170 Å². The van der Waals surface area contributed by atoms with Crippen LogP contribution in [0.5, 0.6) is 0 Å². The Morgan fingerprint density at radius 1 is 0.398 bits per heavy atom. The van der Waals surface area contributed by atoms with Crippen molar-refractivity contribution in [1.82, 2.24) is 5.32 Å². The van der Waals surface area contributed by atoms with Gasteiger partial charge in [0.15, 0.2) is 0 Å². The minimum absolute atomic E-state index is 0.225. The van der Waals surface area contributed by atoms with Crippen LogP contribution in [0.2, 0.25) is 0 Å². The average molecular weight is 1590 g/mol. The molecule has 0 aromatic heterocycles. The number of fused-ring (bicyclic) bond motifs is 4. The average Bonchev–Trinajstić information content (AvgIpc) is 0.773. The quantitative estimate of drug-likeness (QED) is 0.0500. The van der Waals surface area contributed by atoms with E-state index in [0.717, 1.165) is 154 Å². The number of anilines is 4. The van der Waals surface area contributed by atoms with Crippen molar-refractivity contribution in [3.05, 3.63) is 259 Å². The fraction of sp³-hybridized carbons (Fsp3) is 0.373. The monoisotopic (exact) mass is 1590 g/mol. The molecule has 5 heterocycles. The van der Waals surface area contributed by atoms with Crippen LogP contribution in [-0.2, 0) is 73.2 Å². The highest BCUT2D eigenvalue weighted by Gasteiger charge is 2.72. The summed E-state index contributed by atoms with van der Waals surface area (Å²) in [7, 11) is 1.52. The van der Waals surface area contributed by atoms with Crippen LogP contribution >= 0.6 is 0 Å². The van der Waals surface area contributed by atoms with Crippen molar-refractivity contribution in [3.63, 3.8) is 0 Å². The third kappa shape index (κ3) is 19.1. The predicted molar refractivity (Wildman–Crippen MR) is 397 cm³/mol. The Bertz CT molecular complexity index is 4650. The van der Waals surface area contributed by atoms with Gasteiger partial charge in [-0.25, -0.2) is 0 Å². The molecule has 0 radical (unpaired) electrons. The van der Waals surface area contributed by atoms with Gasteiger partial charge in [-0.05, 0) is 200 Å². The topological polar surface area (TPSA) is 221 Å². The molecule has 0 spiro atoms. The first-order valence-corrected chi connectivity index (χ1v) is 36.4. The molecule has 113 heavy (non-hydrogen) atoms. The van der Waals surface area contributed by atoms with Crippen LogP contribution in [0.4, 0.5) is 88.6 Å². The lowest BCUT2D eigenvalue weighted by Crippen LogP contribution is -2.53. The van der Waals surface area contributed by atoms with Gasteiger partial charge in [-0.3, -0.25) is 19.2 Å². The number of halogens is 15. The van der Waals surface area contributed by atoms with Crippen LogP contribution in [0, 0.1) is 0 Å². The van der Waals surface area contributed by atoms with E-state index in [1.807, 2.05) is 40.1 Å². The molecule has 0 aliphatic carbocycles. The summed E-state index contributed by atoms with van der Waals surface area (Å²) in [6.07, 6.45) is -19.9. The second-order valence-electron chi connectivity index (χ2n) is 29.1. The lowest BCUT2D eigenvalue weighted by molar-refractivity contribution is -0.376. The Kier molecular flexibility index (Phi) is 25.7. The number of ether oxygens (including phenoxy) is 1. The number of primary amides is 3. The molecule has 1 saturated heterocycles. The lowest BCUT2D eigenvalue weighted by atomic mass is 9.83. The Hall–Kier alpha value is -10.3. The standard InChI is InChI=1S/C21H20F6N2O2.C21H23F3N2O.C21H24N2O2.C20H18F6N2O2/c1-28-18(30)15-6-9-17-14(11-15)3-2-10-29(17)12-13-4-7-16(8-5-13)19(31,20(22,23)24)21(25,26)27;1-20(2,21(22,23)24)17-8-5-14(6-9-17)13-26-11-3-4-15-12-16(19(25)27)7-10-18(15)26;22-21(24)18-7-8-20-17(12-18)2-1-10-23(20)13-15-3-5-16(6-4-15)19-9-11-25-14-19;21-19(22,23)18(30,20(24,25)26)15-6-3-12(4-7-15)11-28-9-1-2-13-10-14(17(27)29)5-8-16(13)28/h4-9,11,31H,2-3,10,12H2,1H3,(H,28,30);5-10,12H,3-4,11,13H2,1-2H3,(H2,25,27);3-8,12,19H,1-2,9-11,13-14H2,(H2,22,24);3-8,10,30H,1-2,9,11H2,(H2,27,29). The molecule has 0 saturated carbocycles. The minimum Gasteiger partial charge on any atom is -0.381 e. The molecule has 9 N–H and O–H groups in total. The van der Waals surface area contributed by atoms with Gasteiger partial charge in [0.05, 0.1) is 12.0 Å². The molecule has 8 aromatic carbocycles. The molecular formula is C83H85F15N8O7. The maximum absolute atomic E-state index is 13.2. The smallest absolute Gasteiger partial charge is 0.381 e. The van der Waals surface area contributed by atoms with Gasteiger partial charge in [0, 0.05) is 128 Å². The number of hydrogen-bond donors (Lipinski definition) is 6. The SMILES string of the molecule is CC(C)(c1ccc(CN2CCCc3cc(C(N)=O)ccc32)cc1)C(F)(F)F.CNC(=O)c1ccc2c(c1)CCCN2Cc1ccc(C(O)(C(F)(F)F)C(F)(F)F)cc1.NC(=O)c1ccc2c(c1)CCCN2Cc1ccc(C(O)(C(F)(F)F)C(F)(F)F)cc1.NC(=O)c1ccc2c(c1)CCCN2Cc1ccc(C2CCOC2)cc1. The van der Waals surface area contributed by atoms with Gasteiger partial charge in [-0.1, -0.05) is 97.1 Å². The number of rotatable bonds is 16. The number of nitrogens with zero attached hydrogens (tertiary/aromatic N) is 4. The fourth-order valence-electron chi connectivity index (χ4n) is 14.5. The summed E-state index contributed by atoms with van der Waals surface area (Å²) < 4.78 is 201. The third-order valence-electron chi connectivity index (χ3n) is 21.2. The van der Waals surface area contributed by atoms with Gasteiger partial charge in [-0.15, -0.1) is 0 Å². The molecule has 5 aliphatic rings. The van der Waals surface area contributed by atoms with E-state index in [1.165, 1.54) is 43.3 Å². The molecule has 1 unspecified atom stereocenters. The van der Waals surface area contributed by atoms with Crippen LogP contribution in [0.25, 0.3) is 0 Å². The normalized spacial score (nSPS) is 16.0. The zero-order valence-electron chi connectivity index (χ0n) is 61.8.